The SMILES string of the molecule is Cc1ccc(-c2ccnc(C(C)(C)CCN)n2)cc1C. The van der Waals surface area contributed by atoms with E-state index in [9.17, 15) is 0 Å². The molecule has 0 spiro atoms. The third-order valence-electron chi connectivity index (χ3n) is 3.83. The molecule has 0 atom stereocenters. The Kier molecular flexibility index (Phi) is 4.19. The Hall–Kier alpha value is -1.74. The lowest BCUT2D eigenvalue weighted by Crippen LogP contribution is -2.24. The highest BCUT2D eigenvalue weighted by Gasteiger charge is 2.23. The van der Waals surface area contributed by atoms with Gasteiger partial charge in [-0.15, -0.1) is 0 Å². The van der Waals surface area contributed by atoms with Crippen molar-refractivity contribution in [3.8, 4) is 11.3 Å². The van der Waals surface area contributed by atoms with Crippen molar-refractivity contribution < 1.29 is 0 Å². The Balaban J connectivity index is 2.41. The van der Waals surface area contributed by atoms with Crippen molar-refractivity contribution >= 4 is 0 Å². The molecular formula is C17H23N3. The first-order chi connectivity index (χ1) is 9.44. The second-order valence-electron chi connectivity index (χ2n) is 5.99. The first-order valence-electron chi connectivity index (χ1n) is 7.05. The molecule has 0 amide bonds. The van der Waals surface area contributed by atoms with Crippen LogP contribution in [-0.2, 0) is 5.41 Å². The Morgan fingerprint density at radius 3 is 2.50 bits per heavy atom. The van der Waals surface area contributed by atoms with Crippen molar-refractivity contribution in [1.82, 2.24) is 9.97 Å². The zero-order valence-electron chi connectivity index (χ0n) is 12.8. The number of rotatable bonds is 4. The van der Waals surface area contributed by atoms with Crippen LogP contribution in [0.5, 0.6) is 0 Å². The molecule has 1 aromatic carbocycles. The molecule has 2 rings (SSSR count). The Bertz CT molecular complexity index is 603. The largest absolute Gasteiger partial charge is 0.330 e. The van der Waals surface area contributed by atoms with Crippen molar-refractivity contribution in [1.29, 1.82) is 0 Å². The van der Waals surface area contributed by atoms with Gasteiger partial charge in [-0.2, -0.15) is 0 Å². The minimum atomic E-state index is -0.0928. The first-order valence-corrected chi connectivity index (χ1v) is 7.05. The maximum atomic E-state index is 5.68. The molecule has 2 N–H and O–H groups in total. The van der Waals surface area contributed by atoms with Crippen LogP contribution in [0.15, 0.2) is 30.5 Å². The van der Waals surface area contributed by atoms with Gasteiger partial charge in [0, 0.05) is 17.2 Å². The molecule has 0 radical (unpaired) electrons. The van der Waals surface area contributed by atoms with Crippen LogP contribution in [0.4, 0.5) is 0 Å². The molecule has 0 bridgehead atoms. The molecule has 106 valence electrons. The Labute approximate surface area is 121 Å². The molecule has 0 fully saturated rings. The molecule has 0 saturated carbocycles. The van der Waals surface area contributed by atoms with Crippen molar-refractivity contribution in [2.24, 2.45) is 5.73 Å². The molecule has 2 aromatic rings. The van der Waals surface area contributed by atoms with Gasteiger partial charge in [0.15, 0.2) is 0 Å². The minimum Gasteiger partial charge on any atom is -0.330 e. The lowest BCUT2D eigenvalue weighted by atomic mass is 9.88. The minimum absolute atomic E-state index is 0.0928. The molecule has 0 aliphatic heterocycles. The van der Waals surface area contributed by atoms with Crippen molar-refractivity contribution in [2.75, 3.05) is 6.54 Å². The van der Waals surface area contributed by atoms with E-state index in [0.717, 1.165) is 23.5 Å². The molecule has 0 saturated heterocycles. The second-order valence-corrected chi connectivity index (χ2v) is 5.99. The topological polar surface area (TPSA) is 51.8 Å². The summed E-state index contributed by atoms with van der Waals surface area (Å²) in [4.78, 5) is 9.17. The van der Waals surface area contributed by atoms with Crippen LogP contribution in [0.2, 0.25) is 0 Å². The van der Waals surface area contributed by atoms with E-state index in [-0.39, 0.29) is 5.41 Å². The summed E-state index contributed by atoms with van der Waals surface area (Å²) in [5.41, 5.74) is 10.3. The zero-order chi connectivity index (χ0) is 14.8. The van der Waals surface area contributed by atoms with Gasteiger partial charge in [-0.05, 0) is 50.1 Å². The molecule has 20 heavy (non-hydrogen) atoms. The van der Waals surface area contributed by atoms with Gasteiger partial charge < -0.3 is 5.73 Å². The van der Waals surface area contributed by atoms with Gasteiger partial charge in [-0.3, -0.25) is 0 Å². The zero-order valence-corrected chi connectivity index (χ0v) is 12.8. The summed E-state index contributed by atoms with van der Waals surface area (Å²) in [6.45, 7) is 9.16. The molecular weight excluding hydrogens is 246 g/mol. The van der Waals surface area contributed by atoms with Gasteiger partial charge in [0.05, 0.1) is 5.69 Å². The maximum Gasteiger partial charge on any atom is 0.134 e. The molecule has 1 aromatic heterocycles. The number of nitrogens with zero attached hydrogens (tertiary/aromatic N) is 2. The first kappa shape index (κ1) is 14.7. The van der Waals surface area contributed by atoms with Crippen LogP contribution in [0.25, 0.3) is 11.3 Å². The summed E-state index contributed by atoms with van der Waals surface area (Å²) in [6, 6.07) is 8.39. The summed E-state index contributed by atoms with van der Waals surface area (Å²) in [7, 11) is 0. The third-order valence-corrected chi connectivity index (χ3v) is 3.83. The predicted octanol–water partition coefficient (Wildman–Crippen LogP) is 3.39. The maximum absolute atomic E-state index is 5.68. The van der Waals surface area contributed by atoms with Gasteiger partial charge >= 0.3 is 0 Å². The number of benzene rings is 1. The number of aryl methyl sites for hydroxylation is 2. The summed E-state index contributed by atoms with van der Waals surface area (Å²) in [5, 5.41) is 0. The van der Waals surface area contributed by atoms with E-state index < -0.39 is 0 Å². The Morgan fingerprint density at radius 1 is 1.10 bits per heavy atom. The molecule has 3 nitrogen and oxygen atoms in total. The predicted molar refractivity (Wildman–Crippen MR) is 83.6 cm³/mol. The highest BCUT2D eigenvalue weighted by atomic mass is 14.9. The van der Waals surface area contributed by atoms with Gasteiger partial charge in [0.1, 0.15) is 5.82 Å². The van der Waals surface area contributed by atoms with Crippen LogP contribution in [0.1, 0.15) is 37.2 Å². The van der Waals surface area contributed by atoms with Crippen LogP contribution in [0.3, 0.4) is 0 Å². The van der Waals surface area contributed by atoms with Crippen LogP contribution >= 0.6 is 0 Å². The Morgan fingerprint density at radius 2 is 1.85 bits per heavy atom. The van der Waals surface area contributed by atoms with Crippen LogP contribution < -0.4 is 5.73 Å². The number of hydrogen-bond acceptors (Lipinski definition) is 3. The van der Waals surface area contributed by atoms with Crippen molar-refractivity contribution in [3.05, 3.63) is 47.4 Å². The van der Waals surface area contributed by atoms with Gasteiger partial charge in [0.2, 0.25) is 0 Å². The van der Waals surface area contributed by atoms with E-state index in [1.54, 1.807) is 0 Å². The van der Waals surface area contributed by atoms with Crippen molar-refractivity contribution in [3.63, 3.8) is 0 Å². The third kappa shape index (κ3) is 3.05. The van der Waals surface area contributed by atoms with E-state index in [2.05, 4.69) is 50.9 Å². The quantitative estimate of drug-likeness (QED) is 0.925. The van der Waals surface area contributed by atoms with Gasteiger partial charge in [0.25, 0.3) is 0 Å². The van der Waals surface area contributed by atoms with E-state index >= 15 is 0 Å². The average molecular weight is 269 g/mol. The van der Waals surface area contributed by atoms with Gasteiger partial charge in [-0.25, -0.2) is 9.97 Å². The van der Waals surface area contributed by atoms with Gasteiger partial charge in [-0.1, -0.05) is 26.0 Å². The van der Waals surface area contributed by atoms with Crippen LogP contribution in [0, 0.1) is 13.8 Å². The number of nitrogens with two attached hydrogens (primary N) is 1. The lowest BCUT2D eigenvalue weighted by Gasteiger charge is -2.22. The number of aromatic nitrogens is 2. The summed E-state index contributed by atoms with van der Waals surface area (Å²) < 4.78 is 0. The highest BCUT2D eigenvalue weighted by molar-refractivity contribution is 5.60. The van der Waals surface area contributed by atoms with Crippen molar-refractivity contribution in [2.45, 2.75) is 39.5 Å². The van der Waals surface area contributed by atoms with E-state index in [1.807, 2.05) is 12.3 Å². The number of hydrogen-bond donors (Lipinski definition) is 1. The average Bonchev–Trinajstić information content (AvgIpc) is 2.42. The fraction of sp³-hybridized carbons (Fsp3) is 0.412. The highest BCUT2D eigenvalue weighted by Crippen LogP contribution is 2.26. The fourth-order valence-electron chi connectivity index (χ4n) is 2.22. The summed E-state index contributed by atoms with van der Waals surface area (Å²) in [5.74, 6) is 0.860. The normalized spacial score (nSPS) is 11.7. The molecule has 0 unspecified atom stereocenters. The smallest absolute Gasteiger partial charge is 0.134 e. The lowest BCUT2D eigenvalue weighted by molar-refractivity contribution is 0.457. The standard InChI is InChI=1S/C17H23N3/c1-12-5-6-14(11-13(12)2)15-7-10-19-16(20-15)17(3,4)8-9-18/h5-7,10-11H,8-9,18H2,1-4H3. The van der Waals surface area contributed by atoms with E-state index in [4.69, 9.17) is 10.7 Å². The monoisotopic (exact) mass is 269 g/mol. The van der Waals surface area contributed by atoms with E-state index in [0.29, 0.717) is 6.54 Å². The second kappa shape index (κ2) is 5.71. The molecule has 0 aliphatic rings. The molecule has 3 heteroatoms. The summed E-state index contributed by atoms with van der Waals surface area (Å²) >= 11 is 0. The summed E-state index contributed by atoms with van der Waals surface area (Å²) in [6.07, 6.45) is 2.72. The fourth-order valence-corrected chi connectivity index (χ4v) is 2.22. The van der Waals surface area contributed by atoms with Crippen LogP contribution in [-0.4, -0.2) is 16.5 Å². The molecule has 1 heterocycles. The molecule has 0 aliphatic carbocycles. The van der Waals surface area contributed by atoms with E-state index in [1.165, 1.54) is 11.1 Å².